The van der Waals surface area contributed by atoms with Gasteiger partial charge in [0.1, 0.15) is 5.03 Å². The SMILES string of the molecule is Cc1ccc(Sc2cc(C(=O)NCc3ccc4c(c3)OCO4)c3ccccc3n2)cc1. The molecule has 0 radical (unpaired) electrons. The molecule has 1 N–H and O–H groups in total. The monoisotopic (exact) mass is 428 g/mol. The quantitative estimate of drug-likeness (QED) is 0.464. The summed E-state index contributed by atoms with van der Waals surface area (Å²) in [6.45, 7) is 2.69. The number of fused-ring (bicyclic) bond motifs is 2. The van der Waals surface area contributed by atoms with Crippen LogP contribution in [0.3, 0.4) is 0 Å². The molecule has 1 aliphatic rings. The predicted octanol–water partition coefficient (Wildman–Crippen LogP) is 5.35. The molecular weight excluding hydrogens is 408 g/mol. The minimum Gasteiger partial charge on any atom is -0.454 e. The molecule has 0 bridgehead atoms. The van der Waals surface area contributed by atoms with Crippen LogP contribution in [0.15, 0.2) is 82.7 Å². The third-order valence-electron chi connectivity index (χ3n) is 5.07. The largest absolute Gasteiger partial charge is 0.454 e. The number of para-hydroxylation sites is 1. The Labute approximate surface area is 184 Å². The standard InChI is InChI=1S/C25H20N2O3S/c1-16-6-9-18(10-7-16)31-24-13-20(19-4-2-3-5-21(19)27-24)25(28)26-14-17-8-11-22-23(12-17)30-15-29-22/h2-13H,14-15H2,1H3,(H,26,28). The second-order valence-corrected chi connectivity index (χ2v) is 8.40. The van der Waals surface area contributed by atoms with E-state index in [0.29, 0.717) is 17.9 Å². The van der Waals surface area contributed by atoms with E-state index in [2.05, 4.69) is 36.5 Å². The molecule has 1 aliphatic heterocycles. The van der Waals surface area contributed by atoms with Gasteiger partial charge in [0.2, 0.25) is 6.79 Å². The maximum Gasteiger partial charge on any atom is 0.252 e. The number of rotatable bonds is 5. The van der Waals surface area contributed by atoms with Gasteiger partial charge in [0.05, 0.1) is 11.1 Å². The third kappa shape index (κ3) is 4.20. The number of carbonyl (C=O) groups is 1. The van der Waals surface area contributed by atoms with Crippen LogP contribution in [0.1, 0.15) is 21.5 Å². The normalized spacial score (nSPS) is 12.2. The van der Waals surface area contributed by atoms with Gasteiger partial charge in [-0.05, 0) is 48.9 Å². The number of hydrogen-bond acceptors (Lipinski definition) is 5. The lowest BCUT2D eigenvalue weighted by molar-refractivity contribution is 0.0952. The van der Waals surface area contributed by atoms with Crippen molar-refractivity contribution in [2.45, 2.75) is 23.4 Å². The number of carbonyl (C=O) groups excluding carboxylic acids is 1. The smallest absolute Gasteiger partial charge is 0.252 e. The summed E-state index contributed by atoms with van der Waals surface area (Å²) in [6.07, 6.45) is 0. The van der Waals surface area contributed by atoms with Gasteiger partial charge in [0.25, 0.3) is 5.91 Å². The molecular formula is C25H20N2O3S. The van der Waals surface area contributed by atoms with E-state index in [1.807, 2.05) is 48.5 Å². The Hall–Kier alpha value is -3.51. The fourth-order valence-electron chi connectivity index (χ4n) is 3.45. The maximum absolute atomic E-state index is 13.1. The summed E-state index contributed by atoms with van der Waals surface area (Å²) >= 11 is 1.55. The second-order valence-electron chi connectivity index (χ2n) is 7.31. The van der Waals surface area contributed by atoms with Gasteiger partial charge in [0.15, 0.2) is 11.5 Å². The predicted molar refractivity (Wildman–Crippen MR) is 121 cm³/mol. The van der Waals surface area contributed by atoms with Crippen LogP contribution in [0.25, 0.3) is 10.9 Å². The van der Waals surface area contributed by atoms with Crippen molar-refractivity contribution < 1.29 is 14.3 Å². The van der Waals surface area contributed by atoms with Gasteiger partial charge in [0, 0.05) is 16.8 Å². The number of aryl methyl sites for hydroxylation is 1. The van der Waals surface area contributed by atoms with Gasteiger partial charge in [-0.15, -0.1) is 0 Å². The number of ether oxygens (including phenoxy) is 2. The average Bonchev–Trinajstić information content (AvgIpc) is 3.26. The van der Waals surface area contributed by atoms with E-state index < -0.39 is 0 Å². The highest BCUT2D eigenvalue weighted by atomic mass is 32.2. The molecule has 0 spiro atoms. The number of aromatic nitrogens is 1. The van der Waals surface area contributed by atoms with Crippen LogP contribution < -0.4 is 14.8 Å². The summed E-state index contributed by atoms with van der Waals surface area (Å²) in [4.78, 5) is 18.9. The second kappa shape index (κ2) is 8.32. The lowest BCUT2D eigenvalue weighted by Gasteiger charge is -2.11. The van der Waals surface area contributed by atoms with Crippen LogP contribution in [-0.2, 0) is 6.54 Å². The molecule has 0 saturated carbocycles. The van der Waals surface area contributed by atoms with E-state index >= 15 is 0 Å². The van der Waals surface area contributed by atoms with Gasteiger partial charge in [-0.3, -0.25) is 4.79 Å². The topological polar surface area (TPSA) is 60.5 Å². The molecule has 1 aromatic heterocycles. The highest BCUT2D eigenvalue weighted by Gasteiger charge is 2.16. The number of hydrogen-bond donors (Lipinski definition) is 1. The van der Waals surface area contributed by atoms with Crippen LogP contribution in [0, 0.1) is 6.92 Å². The number of nitrogens with zero attached hydrogens (tertiary/aromatic N) is 1. The van der Waals surface area contributed by atoms with Gasteiger partial charge in [-0.2, -0.15) is 0 Å². The molecule has 0 saturated heterocycles. The third-order valence-corrected chi connectivity index (χ3v) is 6.00. The fourth-order valence-corrected chi connectivity index (χ4v) is 4.28. The minimum atomic E-state index is -0.137. The Balaban J connectivity index is 1.40. The molecule has 5 rings (SSSR count). The van der Waals surface area contributed by atoms with Crippen LogP contribution in [0.5, 0.6) is 11.5 Å². The first-order valence-electron chi connectivity index (χ1n) is 9.97. The van der Waals surface area contributed by atoms with Gasteiger partial charge >= 0.3 is 0 Å². The first-order chi connectivity index (χ1) is 15.2. The molecule has 6 heteroatoms. The summed E-state index contributed by atoms with van der Waals surface area (Å²) in [5.74, 6) is 1.30. The zero-order valence-electron chi connectivity index (χ0n) is 16.9. The Morgan fingerprint density at radius 2 is 1.81 bits per heavy atom. The molecule has 31 heavy (non-hydrogen) atoms. The zero-order chi connectivity index (χ0) is 21.2. The molecule has 4 aromatic rings. The van der Waals surface area contributed by atoms with Crippen molar-refractivity contribution in [2.75, 3.05) is 6.79 Å². The van der Waals surface area contributed by atoms with Crippen molar-refractivity contribution in [3.63, 3.8) is 0 Å². The summed E-state index contributed by atoms with van der Waals surface area (Å²) in [5, 5.41) is 4.64. The van der Waals surface area contributed by atoms with Crippen molar-refractivity contribution in [1.29, 1.82) is 0 Å². The maximum atomic E-state index is 13.1. The van der Waals surface area contributed by atoms with Crippen LogP contribution >= 0.6 is 11.8 Å². The summed E-state index contributed by atoms with van der Waals surface area (Å²) in [6, 6.07) is 23.5. The molecule has 3 aromatic carbocycles. The molecule has 0 atom stereocenters. The Kier molecular flexibility index (Phi) is 5.22. The van der Waals surface area contributed by atoms with Crippen molar-refractivity contribution in [1.82, 2.24) is 10.3 Å². The van der Waals surface area contributed by atoms with E-state index in [-0.39, 0.29) is 12.7 Å². The summed E-state index contributed by atoms with van der Waals surface area (Å²) in [7, 11) is 0. The van der Waals surface area contributed by atoms with E-state index in [0.717, 1.165) is 32.1 Å². The molecule has 0 aliphatic carbocycles. The Morgan fingerprint density at radius 3 is 2.68 bits per heavy atom. The first kappa shape index (κ1) is 19.5. The lowest BCUT2D eigenvalue weighted by atomic mass is 10.1. The van der Waals surface area contributed by atoms with E-state index in [9.17, 15) is 4.79 Å². The Morgan fingerprint density at radius 1 is 1.00 bits per heavy atom. The van der Waals surface area contributed by atoms with E-state index in [4.69, 9.17) is 14.5 Å². The molecule has 5 nitrogen and oxygen atoms in total. The van der Waals surface area contributed by atoms with E-state index in [1.165, 1.54) is 5.56 Å². The molecule has 154 valence electrons. The molecule has 0 unspecified atom stereocenters. The fraction of sp³-hybridized carbons (Fsp3) is 0.120. The number of pyridine rings is 1. The van der Waals surface area contributed by atoms with Crippen LogP contribution in [0.4, 0.5) is 0 Å². The molecule has 1 amide bonds. The highest BCUT2D eigenvalue weighted by molar-refractivity contribution is 7.99. The molecule has 0 fully saturated rings. The van der Waals surface area contributed by atoms with Crippen molar-refractivity contribution >= 4 is 28.6 Å². The van der Waals surface area contributed by atoms with E-state index in [1.54, 1.807) is 11.8 Å². The van der Waals surface area contributed by atoms with Crippen molar-refractivity contribution in [2.24, 2.45) is 0 Å². The lowest BCUT2D eigenvalue weighted by Crippen LogP contribution is -2.23. The minimum absolute atomic E-state index is 0.137. The van der Waals surface area contributed by atoms with Crippen molar-refractivity contribution in [3.8, 4) is 11.5 Å². The van der Waals surface area contributed by atoms with Crippen LogP contribution in [-0.4, -0.2) is 17.7 Å². The molecule has 2 heterocycles. The van der Waals surface area contributed by atoms with Gasteiger partial charge in [-0.25, -0.2) is 4.98 Å². The Bertz CT molecular complexity index is 1270. The first-order valence-corrected chi connectivity index (χ1v) is 10.8. The summed E-state index contributed by atoms with van der Waals surface area (Å²) < 4.78 is 10.8. The number of amides is 1. The van der Waals surface area contributed by atoms with Gasteiger partial charge < -0.3 is 14.8 Å². The number of nitrogens with one attached hydrogen (secondary N) is 1. The highest BCUT2D eigenvalue weighted by Crippen LogP contribution is 2.33. The number of benzene rings is 3. The summed E-state index contributed by atoms with van der Waals surface area (Å²) in [5.41, 5.74) is 3.57. The zero-order valence-corrected chi connectivity index (χ0v) is 17.7. The van der Waals surface area contributed by atoms with Gasteiger partial charge in [-0.1, -0.05) is 53.7 Å². The van der Waals surface area contributed by atoms with Crippen LogP contribution in [0.2, 0.25) is 0 Å². The van der Waals surface area contributed by atoms with Crippen molar-refractivity contribution in [3.05, 3.63) is 89.5 Å². The average molecular weight is 429 g/mol.